The molecule has 0 aliphatic rings. The zero-order chi connectivity index (χ0) is 12.8. The van der Waals surface area contributed by atoms with Crippen molar-refractivity contribution >= 4 is 29.1 Å². The summed E-state index contributed by atoms with van der Waals surface area (Å²) in [7, 11) is 0. The Bertz CT molecular complexity index is 484. The normalized spacial score (nSPS) is 10.3. The van der Waals surface area contributed by atoms with E-state index in [1.807, 2.05) is 18.2 Å². The van der Waals surface area contributed by atoms with Crippen LogP contribution in [0.4, 0.5) is 10.1 Å². The number of hydrogen-bond acceptors (Lipinski definition) is 2. The number of anilines is 1. The lowest BCUT2D eigenvalue weighted by molar-refractivity contribution is 0.628. The van der Waals surface area contributed by atoms with Gasteiger partial charge in [0.2, 0.25) is 0 Å². The van der Waals surface area contributed by atoms with Gasteiger partial charge >= 0.3 is 0 Å². The first-order chi connectivity index (χ1) is 8.74. The smallest absolute Gasteiger partial charge is 0.126 e. The first-order valence-corrected chi connectivity index (χ1v) is 6.98. The Morgan fingerprint density at radius 3 is 2.61 bits per heavy atom. The Labute approximate surface area is 115 Å². The second kappa shape index (κ2) is 6.66. The average molecular weight is 282 g/mol. The minimum Gasteiger partial charge on any atom is -0.384 e. The third kappa shape index (κ3) is 4.24. The first-order valence-electron chi connectivity index (χ1n) is 5.62. The third-order valence-corrected chi connectivity index (χ3v) is 3.54. The summed E-state index contributed by atoms with van der Waals surface area (Å²) in [4.78, 5) is 1.23. The van der Waals surface area contributed by atoms with Crippen molar-refractivity contribution in [3.8, 4) is 0 Å². The van der Waals surface area contributed by atoms with Crippen LogP contribution in [0.15, 0.2) is 53.4 Å². The lowest BCUT2D eigenvalue weighted by Gasteiger charge is -2.07. The first kappa shape index (κ1) is 13.2. The van der Waals surface area contributed by atoms with Crippen molar-refractivity contribution in [3.05, 3.63) is 59.4 Å². The molecule has 0 amide bonds. The Kier molecular flexibility index (Phi) is 4.90. The van der Waals surface area contributed by atoms with Crippen LogP contribution >= 0.6 is 23.4 Å². The van der Waals surface area contributed by atoms with Gasteiger partial charge in [-0.3, -0.25) is 0 Å². The van der Waals surface area contributed by atoms with Gasteiger partial charge in [-0.15, -0.1) is 11.8 Å². The Balaban J connectivity index is 1.78. The molecule has 0 atom stereocenters. The van der Waals surface area contributed by atoms with Crippen molar-refractivity contribution in [2.24, 2.45) is 0 Å². The molecule has 0 spiro atoms. The molecule has 0 bridgehead atoms. The highest BCUT2D eigenvalue weighted by atomic mass is 35.5. The van der Waals surface area contributed by atoms with Gasteiger partial charge in [0.15, 0.2) is 0 Å². The predicted molar refractivity (Wildman–Crippen MR) is 77.1 cm³/mol. The molecule has 0 aromatic heterocycles. The van der Waals surface area contributed by atoms with Crippen molar-refractivity contribution in [2.75, 3.05) is 17.6 Å². The number of thioether (sulfide) groups is 1. The van der Waals surface area contributed by atoms with E-state index in [2.05, 4.69) is 17.4 Å². The fraction of sp³-hybridized carbons (Fsp3) is 0.143. The molecule has 0 aliphatic heterocycles. The summed E-state index contributed by atoms with van der Waals surface area (Å²) < 4.78 is 13.1. The lowest BCUT2D eigenvalue weighted by Crippen LogP contribution is -2.04. The number of halogens is 2. The molecule has 0 saturated carbocycles. The molecule has 1 N–H and O–H groups in total. The molecule has 2 aromatic carbocycles. The lowest BCUT2D eigenvalue weighted by atomic mass is 10.3. The minimum atomic E-state index is -0.319. The summed E-state index contributed by atoms with van der Waals surface area (Å²) in [5, 5.41) is 3.56. The Hall–Kier alpha value is -1.19. The van der Waals surface area contributed by atoms with E-state index in [0.717, 1.165) is 12.3 Å². The predicted octanol–water partition coefficient (Wildman–Crippen LogP) is 4.68. The van der Waals surface area contributed by atoms with Crippen molar-refractivity contribution in [2.45, 2.75) is 4.90 Å². The molecule has 94 valence electrons. The van der Waals surface area contributed by atoms with Crippen LogP contribution in [-0.4, -0.2) is 12.3 Å². The zero-order valence-corrected chi connectivity index (χ0v) is 11.3. The maximum atomic E-state index is 13.1. The molecular weight excluding hydrogens is 269 g/mol. The maximum absolute atomic E-state index is 13.1. The topological polar surface area (TPSA) is 12.0 Å². The Morgan fingerprint density at radius 2 is 1.89 bits per heavy atom. The van der Waals surface area contributed by atoms with Gasteiger partial charge in [-0.05, 0) is 30.3 Å². The standard InChI is InChI=1S/C14H13ClFNS/c15-11-8-12(16)10-13(9-11)17-6-7-18-14-4-2-1-3-5-14/h1-5,8-10,17H,6-7H2. The van der Waals surface area contributed by atoms with Crippen molar-refractivity contribution in [1.82, 2.24) is 0 Å². The van der Waals surface area contributed by atoms with Gasteiger partial charge in [0.1, 0.15) is 5.82 Å². The fourth-order valence-corrected chi connectivity index (χ4v) is 2.55. The summed E-state index contributed by atoms with van der Waals surface area (Å²) in [5.74, 6) is 0.596. The number of nitrogens with one attached hydrogen (secondary N) is 1. The highest BCUT2D eigenvalue weighted by Gasteiger charge is 1.99. The van der Waals surface area contributed by atoms with Gasteiger partial charge in [-0.25, -0.2) is 4.39 Å². The van der Waals surface area contributed by atoms with Crippen LogP contribution in [0.5, 0.6) is 0 Å². The molecule has 0 heterocycles. The zero-order valence-electron chi connectivity index (χ0n) is 9.70. The molecule has 2 rings (SSSR count). The van der Waals surface area contributed by atoms with E-state index in [4.69, 9.17) is 11.6 Å². The van der Waals surface area contributed by atoms with Gasteiger partial charge < -0.3 is 5.32 Å². The molecule has 18 heavy (non-hydrogen) atoms. The highest BCUT2D eigenvalue weighted by molar-refractivity contribution is 7.99. The molecule has 2 aromatic rings. The summed E-state index contributed by atoms with van der Waals surface area (Å²) in [6.07, 6.45) is 0. The van der Waals surface area contributed by atoms with Crippen molar-refractivity contribution in [3.63, 3.8) is 0 Å². The van der Waals surface area contributed by atoms with Crippen molar-refractivity contribution in [1.29, 1.82) is 0 Å². The van der Waals surface area contributed by atoms with Crippen LogP contribution < -0.4 is 5.32 Å². The van der Waals surface area contributed by atoms with E-state index in [0.29, 0.717) is 10.7 Å². The monoisotopic (exact) mass is 281 g/mol. The number of benzene rings is 2. The minimum absolute atomic E-state index is 0.319. The summed E-state index contributed by atoms with van der Waals surface area (Å²) >= 11 is 7.53. The van der Waals surface area contributed by atoms with Gasteiger partial charge in [-0.2, -0.15) is 0 Å². The number of hydrogen-bond donors (Lipinski definition) is 1. The largest absolute Gasteiger partial charge is 0.384 e. The summed E-state index contributed by atoms with van der Waals surface area (Å²) in [6.45, 7) is 0.763. The molecule has 4 heteroatoms. The average Bonchev–Trinajstić information content (AvgIpc) is 2.35. The molecule has 0 unspecified atom stereocenters. The third-order valence-electron chi connectivity index (χ3n) is 2.31. The quantitative estimate of drug-likeness (QED) is 0.631. The molecule has 1 nitrogen and oxygen atoms in total. The van der Waals surface area contributed by atoms with Crippen LogP contribution in [0, 0.1) is 5.82 Å². The van der Waals surface area contributed by atoms with Crippen LogP contribution in [0.3, 0.4) is 0 Å². The SMILES string of the molecule is Fc1cc(Cl)cc(NCCSc2ccccc2)c1. The molecule has 0 fully saturated rings. The molecular formula is C14H13ClFNS. The molecule has 0 saturated heterocycles. The van der Waals surface area contributed by atoms with Gasteiger partial charge in [0.25, 0.3) is 0 Å². The van der Waals surface area contributed by atoms with Crippen LogP contribution in [0.1, 0.15) is 0 Å². The van der Waals surface area contributed by atoms with Crippen LogP contribution in [0.25, 0.3) is 0 Å². The van der Waals surface area contributed by atoms with E-state index < -0.39 is 0 Å². The van der Waals surface area contributed by atoms with E-state index in [1.54, 1.807) is 17.8 Å². The fourth-order valence-electron chi connectivity index (χ4n) is 1.54. The van der Waals surface area contributed by atoms with Gasteiger partial charge in [-0.1, -0.05) is 29.8 Å². The second-order valence-corrected chi connectivity index (χ2v) is 5.35. The maximum Gasteiger partial charge on any atom is 0.126 e. The summed E-state index contributed by atoms with van der Waals surface area (Å²) in [5.41, 5.74) is 0.716. The summed E-state index contributed by atoms with van der Waals surface area (Å²) in [6, 6.07) is 14.6. The molecule has 0 aliphatic carbocycles. The highest BCUT2D eigenvalue weighted by Crippen LogP contribution is 2.19. The van der Waals surface area contributed by atoms with E-state index in [1.165, 1.54) is 17.0 Å². The van der Waals surface area contributed by atoms with Gasteiger partial charge in [0, 0.05) is 27.9 Å². The van der Waals surface area contributed by atoms with E-state index in [9.17, 15) is 4.39 Å². The van der Waals surface area contributed by atoms with Gasteiger partial charge in [0.05, 0.1) is 0 Å². The number of rotatable bonds is 5. The second-order valence-electron chi connectivity index (χ2n) is 3.75. The van der Waals surface area contributed by atoms with Crippen molar-refractivity contribution < 1.29 is 4.39 Å². The molecule has 0 radical (unpaired) electrons. The van der Waals surface area contributed by atoms with Crippen LogP contribution in [-0.2, 0) is 0 Å². The van der Waals surface area contributed by atoms with E-state index >= 15 is 0 Å². The van der Waals surface area contributed by atoms with E-state index in [-0.39, 0.29) is 5.82 Å². The Morgan fingerprint density at radius 1 is 1.11 bits per heavy atom. The van der Waals surface area contributed by atoms with Crippen LogP contribution in [0.2, 0.25) is 5.02 Å².